The van der Waals surface area contributed by atoms with Crippen LogP contribution in [0.2, 0.25) is 0 Å². The van der Waals surface area contributed by atoms with Crippen molar-refractivity contribution in [3.8, 4) is 50.7 Å². The zero-order valence-electron chi connectivity index (χ0n) is 28.8. The SMILES string of the molecule is Cc1sc(-c2nc(-c3ccc4c(c3)OCO4)nn2-c2ccc(C(=O)OCCCCN3c4ccccc4Sc4ccccc43)cc2)nc1-c1ccccc1. The Balaban J connectivity index is 0.911. The molecule has 9 rings (SSSR count). The van der Waals surface area contributed by atoms with E-state index in [-0.39, 0.29) is 12.8 Å². The monoisotopic (exact) mass is 735 g/mol. The van der Waals surface area contributed by atoms with Crippen LogP contribution < -0.4 is 14.4 Å². The number of carbonyl (C=O) groups excluding carboxylic acids is 1. The molecule has 0 bridgehead atoms. The highest BCUT2D eigenvalue weighted by Crippen LogP contribution is 2.48. The number of esters is 1. The van der Waals surface area contributed by atoms with Crippen molar-refractivity contribution in [3.05, 3.63) is 132 Å². The summed E-state index contributed by atoms with van der Waals surface area (Å²) in [7, 11) is 0. The molecule has 2 aliphatic rings. The van der Waals surface area contributed by atoms with E-state index in [9.17, 15) is 4.79 Å². The summed E-state index contributed by atoms with van der Waals surface area (Å²) in [6.07, 6.45) is 1.63. The van der Waals surface area contributed by atoms with Gasteiger partial charge in [0.2, 0.25) is 6.79 Å². The summed E-state index contributed by atoms with van der Waals surface area (Å²) >= 11 is 3.37. The summed E-state index contributed by atoms with van der Waals surface area (Å²) in [5.41, 5.74) is 6.39. The first-order chi connectivity index (χ1) is 26.1. The van der Waals surface area contributed by atoms with Gasteiger partial charge in [-0.2, -0.15) is 0 Å². The smallest absolute Gasteiger partial charge is 0.338 e. The molecule has 0 aliphatic carbocycles. The minimum atomic E-state index is -0.357. The second-order valence-corrected chi connectivity index (χ2v) is 14.9. The summed E-state index contributed by atoms with van der Waals surface area (Å²) < 4.78 is 18.6. The Hall–Kier alpha value is -5.91. The maximum Gasteiger partial charge on any atom is 0.338 e. The van der Waals surface area contributed by atoms with Gasteiger partial charge in [0.1, 0.15) is 0 Å². The molecule has 262 valence electrons. The van der Waals surface area contributed by atoms with Crippen LogP contribution in [0.5, 0.6) is 11.5 Å². The number of unbranched alkanes of at least 4 members (excludes halogenated alkanes) is 1. The van der Waals surface area contributed by atoms with E-state index in [4.69, 9.17) is 29.3 Å². The first-order valence-corrected chi connectivity index (χ1v) is 19.0. The second-order valence-electron chi connectivity index (χ2n) is 12.6. The quantitative estimate of drug-likeness (QED) is 0.101. The van der Waals surface area contributed by atoms with Gasteiger partial charge in [-0.3, -0.25) is 0 Å². The van der Waals surface area contributed by atoms with Gasteiger partial charge in [0.25, 0.3) is 0 Å². The summed E-state index contributed by atoms with van der Waals surface area (Å²) in [5, 5.41) is 5.67. The van der Waals surface area contributed by atoms with Crippen molar-refractivity contribution in [2.45, 2.75) is 29.6 Å². The Labute approximate surface area is 314 Å². The molecular weight excluding hydrogens is 703 g/mol. The Kier molecular flexibility index (Phi) is 8.86. The highest BCUT2D eigenvalue weighted by atomic mass is 32.2. The second kappa shape index (κ2) is 14.3. The summed E-state index contributed by atoms with van der Waals surface area (Å²) in [4.78, 5) is 29.1. The van der Waals surface area contributed by atoms with Gasteiger partial charge in [0.05, 0.1) is 34.9 Å². The number of fused-ring (bicyclic) bond motifs is 3. The van der Waals surface area contributed by atoms with E-state index in [1.165, 1.54) is 21.2 Å². The van der Waals surface area contributed by atoms with Gasteiger partial charge in [0.15, 0.2) is 28.2 Å². The van der Waals surface area contributed by atoms with E-state index in [0.717, 1.165) is 51.8 Å². The fourth-order valence-corrected chi connectivity index (χ4v) is 8.53. The van der Waals surface area contributed by atoms with Gasteiger partial charge in [-0.15, -0.1) is 16.4 Å². The van der Waals surface area contributed by atoms with Crippen LogP contribution in [-0.2, 0) is 4.74 Å². The lowest BCUT2D eigenvalue weighted by atomic mass is 10.1. The van der Waals surface area contributed by atoms with Crippen molar-refractivity contribution in [2.75, 3.05) is 24.8 Å². The van der Waals surface area contributed by atoms with E-state index in [1.54, 1.807) is 39.9 Å². The van der Waals surface area contributed by atoms with Crippen LogP contribution in [0.15, 0.2) is 131 Å². The molecule has 0 fully saturated rings. The molecule has 5 aromatic carbocycles. The van der Waals surface area contributed by atoms with Gasteiger partial charge < -0.3 is 19.1 Å². The van der Waals surface area contributed by atoms with Crippen LogP contribution in [0.1, 0.15) is 28.1 Å². The molecule has 2 aliphatic heterocycles. The Morgan fingerprint density at radius 3 is 2.26 bits per heavy atom. The summed E-state index contributed by atoms with van der Waals surface area (Å²) in [6, 6.07) is 40.0. The van der Waals surface area contributed by atoms with Crippen LogP contribution in [0.25, 0.3) is 39.2 Å². The molecular formula is C42H33N5O4S2. The van der Waals surface area contributed by atoms with Crippen molar-refractivity contribution in [2.24, 2.45) is 0 Å². The van der Waals surface area contributed by atoms with Gasteiger partial charge in [0, 0.05) is 32.3 Å². The van der Waals surface area contributed by atoms with Gasteiger partial charge in [-0.05, 0) is 86.5 Å². The lowest BCUT2D eigenvalue weighted by Gasteiger charge is -2.32. The highest BCUT2D eigenvalue weighted by Gasteiger charge is 2.24. The number of hydrogen-bond acceptors (Lipinski definition) is 10. The van der Waals surface area contributed by atoms with Crippen LogP contribution in [-0.4, -0.2) is 45.7 Å². The zero-order valence-corrected chi connectivity index (χ0v) is 30.4. The molecule has 0 unspecified atom stereocenters. The molecule has 0 N–H and O–H groups in total. The third-order valence-corrected chi connectivity index (χ3v) is 11.3. The average molecular weight is 736 g/mol. The van der Waals surface area contributed by atoms with E-state index in [2.05, 4.69) is 72.5 Å². The number of ether oxygens (including phenoxy) is 3. The van der Waals surface area contributed by atoms with Crippen molar-refractivity contribution in [1.29, 1.82) is 0 Å². The molecule has 2 aromatic heterocycles. The van der Waals surface area contributed by atoms with Gasteiger partial charge in [-0.1, -0.05) is 66.4 Å². The minimum Gasteiger partial charge on any atom is -0.462 e. The molecule has 0 spiro atoms. The van der Waals surface area contributed by atoms with Crippen molar-refractivity contribution in [1.82, 2.24) is 19.7 Å². The predicted molar refractivity (Wildman–Crippen MR) is 208 cm³/mol. The molecule has 9 nitrogen and oxygen atoms in total. The van der Waals surface area contributed by atoms with Crippen molar-refractivity contribution < 1.29 is 19.0 Å². The van der Waals surface area contributed by atoms with E-state index < -0.39 is 0 Å². The zero-order chi connectivity index (χ0) is 35.7. The Morgan fingerprint density at radius 1 is 0.774 bits per heavy atom. The number of nitrogens with zero attached hydrogens (tertiary/aromatic N) is 5. The fourth-order valence-electron chi connectivity index (χ4n) is 6.53. The number of rotatable bonds is 10. The number of aromatic nitrogens is 4. The first-order valence-electron chi connectivity index (χ1n) is 17.4. The lowest BCUT2D eigenvalue weighted by Crippen LogP contribution is -2.22. The van der Waals surface area contributed by atoms with E-state index in [0.29, 0.717) is 35.3 Å². The molecule has 4 heterocycles. The molecule has 0 atom stereocenters. The summed E-state index contributed by atoms with van der Waals surface area (Å²) in [6.45, 7) is 3.42. The fraction of sp³-hybridized carbons (Fsp3) is 0.143. The molecule has 0 radical (unpaired) electrons. The summed E-state index contributed by atoms with van der Waals surface area (Å²) in [5.74, 6) is 2.11. The van der Waals surface area contributed by atoms with Crippen molar-refractivity contribution >= 4 is 40.4 Å². The topological polar surface area (TPSA) is 91.6 Å². The molecule has 53 heavy (non-hydrogen) atoms. The number of thiazole rings is 1. The molecule has 0 saturated heterocycles. The Bertz CT molecular complexity index is 2400. The largest absolute Gasteiger partial charge is 0.462 e. The molecule has 0 saturated carbocycles. The van der Waals surface area contributed by atoms with E-state index >= 15 is 0 Å². The standard InChI is InChI=1S/C42H33N5O4S2/c1-27-38(28-11-3-2-4-12-28)43-41(52-27)40-44-39(30-19-22-34-35(25-30)51-26-50-34)45-47(40)31-20-17-29(18-21-31)42(48)49-24-10-9-23-46-32-13-5-7-15-36(32)53-37-16-8-6-14-33(37)46/h2-8,11-22,25H,9-10,23-24,26H2,1H3. The normalized spacial score (nSPS) is 12.7. The minimum absolute atomic E-state index is 0.184. The van der Waals surface area contributed by atoms with E-state index in [1.807, 2.05) is 48.5 Å². The third-order valence-electron chi connectivity index (χ3n) is 9.16. The number of benzene rings is 5. The number of anilines is 2. The van der Waals surface area contributed by atoms with Crippen LogP contribution in [0.4, 0.5) is 11.4 Å². The highest BCUT2D eigenvalue weighted by molar-refractivity contribution is 7.99. The molecule has 11 heteroatoms. The maximum absolute atomic E-state index is 13.1. The van der Waals surface area contributed by atoms with Crippen LogP contribution in [0, 0.1) is 6.92 Å². The number of hydrogen-bond donors (Lipinski definition) is 0. The Morgan fingerprint density at radius 2 is 1.49 bits per heavy atom. The molecule has 0 amide bonds. The maximum atomic E-state index is 13.1. The van der Waals surface area contributed by atoms with Gasteiger partial charge >= 0.3 is 5.97 Å². The molecule has 7 aromatic rings. The number of para-hydroxylation sites is 2. The van der Waals surface area contributed by atoms with Gasteiger partial charge in [-0.25, -0.2) is 19.4 Å². The number of carbonyl (C=O) groups is 1. The van der Waals surface area contributed by atoms with Crippen LogP contribution in [0.3, 0.4) is 0 Å². The predicted octanol–water partition coefficient (Wildman–Crippen LogP) is 10.0. The number of aryl methyl sites for hydroxylation is 1. The third kappa shape index (κ3) is 6.54. The van der Waals surface area contributed by atoms with Crippen LogP contribution >= 0.6 is 23.1 Å². The average Bonchev–Trinajstić information content (AvgIpc) is 3.96. The van der Waals surface area contributed by atoms with Crippen molar-refractivity contribution in [3.63, 3.8) is 0 Å². The lowest BCUT2D eigenvalue weighted by molar-refractivity contribution is 0.0499. The first kappa shape index (κ1) is 33.0.